The summed E-state index contributed by atoms with van der Waals surface area (Å²) in [5.74, 6) is -0.667. The Bertz CT molecular complexity index is 1210. The monoisotopic (exact) mass is 492 g/mol. The predicted octanol–water partition coefficient (Wildman–Crippen LogP) is 2.44. The summed E-state index contributed by atoms with van der Waals surface area (Å²) in [5, 5.41) is 2.75. The lowest BCUT2D eigenvalue weighted by Crippen LogP contribution is -2.37. The number of anilines is 1. The van der Waals surface area contributed by atoms with Crippen molar-refractivity contribution < 1.29 is 18.0 Å². The number of halogens is 1. The van der Waals surface area contributed by atoms with Crippen molar-refractivity contribution in [2.24, 2.45) is 0 Å². The molecule has 0 aliphatic rings. The van der Waals surface area contributed by atoms with Crippen LogP contribution in [0.1, 0.15) is 5.82 Å². The summed E-state index contributed by atoms with van der Waals surface area (Å²) >= 11 is 3.36. The maximum Gasteiger partial charge on any atom is 0.244 e. The fourth-order valence-electron chi connectivity index (χ4n) is 2.96. The highest BCUT2D eigenvalue weighted by molar-refractivity contribution is 9.10. The lowest BCUT2D eigenvalue weighted by molar-refractivity contribution is -0.133. The van der Waals surface area contributed by atoms with E-state index in [1.165, 1.54) is 11.9 Å². The number of carbonyl (C=O) groups excluding carboxylic acids is 2. The summed E-state index contributed by atoms with van der Waals surface area (Å²) in [4.78, 5) is 30.8. The van der Waals surface area contributed by atoms with Gasteiger partial charge >= 0.3 is 0 Å². The SMILES string of the molecule is CN(CC(=O)Nc1ccccc1Br)C(=O)Cn1c(CS(C)(=O)=O)nc2ccccc21. The minimum atomic E-state index is -3.34. The molecule has 0 bridgehead atoms. The highest BCUT2D eigenvalue weighted by Gasteiger charge is 2.20. The molecule has 0 saturated carbocycles. The normalized spacial score (nSPS) is 11.4. The van der Waals surface area contributed by atoms with Crippen LogP contribution >= 0.6 is 15.9 Å². The van der Waals surface area contributed by atoms with Crippen LogP contribution < -0.4 is 5.32 Å². The van der Waals surface area contributed by atoms with Gasteiger partial charge in [-0.15, -0.1) is 0 Å². The minimum Gasteiger partial charge on any atom is -0.335 e. The number of likely N-dealkylation sites (N-methyl/N-ethyl adjacent to an activating group) is 1. The lowest BCUT2D eigenvalue weighted by Gasteiger charge is -2.18. The van der Waals surface area contributed by atoms with E-state index in [9.17, 15) is 18.0 Å². The van der Waals surface area contributed by atoms with Crippen molar-refractivity contribution in [2.75, 3.05) is 25.2 Å². The quantitative estimate of drug-likeness (QED) is 0.545. The number of sulfone groups is 1. The van der Waals surface area contributed by atoms with Gasteiger partial charge in [0, 0.05) is 17.8 Å². The minimum absolute atomic E-state index is 0.121. The van der Waals surface area contributed by atoms with E-state index in [0.29, 0.717) is 16.7 Å². The highest BCUT2D eigenvalue weighted by atomic mass is 79.9. The molecule has 10 heteroatoms. The molecule has 0 saturated heterocycles. The molecule has 2 aromatic carbocycles. The van der Waals surface area contributed by atoms with Gasteiger partial charge in [0.05, 0.1) is 23.3 Å². The van der Waals surface area contributed by atoms with Gasteiger partial charge in [0.1, 0.15) is 18.1 Å². The van der Waals surface area contributed by atoms with E-state index in [-0.39, 0.29) is 36.5 Å². The molecule has 30 heavy (non-hydrogen) atoms. The van der Waals surface area contributed by atoms with Crippen LogP contribution in [0.3, 0.4) is 0 Å². The van der Waals surface area contributed by atoms with Crippen LogP contribution in [0, 0.1) is 0 Å². The van der Waals surface area contributed by atoms with Crippen LogP contribution in [0.2, 0.25) is 0 Å². The zero-order valence-corrected chi connectivity index (χ0v) is 18.9. The van der Waals surface area contributed by atoms with Gasteiger partial charge in [0.15, 0.2) is 9.84 Å². The Morgan fingerprint density at radius 2 is 1.80 bits per heavy atom. The van der Waals surface area contributed by atoms with Gasteiger partial charge in [-0.3, -0.25) is 9.59 Å². The van der Waals surface area contributed by atoms with Gasteiger partial charge in [-0.25, -0.2) is 13.4 Å². The topological polar surface area (TPSA) is 101 Å². The number of amides is 2. The molecule has 2 amide bonds. The van der Waals surface area contributed by atoms with Crippen LogP contribution in [0.5, 0.6) is 0 Å². The number of nitrogens with zero attached hydrogens (tertiary/aromatic N) is 3. The number of carbonyl (C=O) groups is 2. The number of benzene rings is 2. The number of nitrogens with one attached hydrogen (secondary N) is 1. The third-order valence-corrected chi connectivity index (χ3v) is 5.85. The average molecular weight is 493 g/mol. The van der Waals surface area contributed by atoms with E-state index in [1.54, 1.807) is 47.0 Å². The van der Waals surface area contributed by atoms with Crippen LogP contribution in [0.25, 0.3) is 11.0 Å². The molecular weight excluding hydrogens is 472 g/mol. The molecule has 158 valence electrons. The zero-order chi connectivity index (χ0) is 21.9. The Labute approximate surface area is 182 Å². The highest BCUT2D eigenvalue weighted by Crippen LogP contribution is 2.21. The first-order chi connectivity index (χ1) is 14.1. The van der Waals surface area contributed by atoms with Crippen molar-refractivity contribution >= 4 is 54.3 Å². The number of fused-ring (bicyclic) bond motifs is 1. The smallest absolute Gasteiger partial charge is 0.244 e. The molecule has 0 atom stereocenters. The number of hydrogen-bond acceptors (Lipinski definition) is 5. The van der Waals surface area contributed by atoms with Crippen LogP contribution in [-0.2, 0) is 31.7 Å². The summed E-state index contributed by atoms with van der Waals surface area (Å²) in [6.45, 7) is -0.265. The van der Waals surface area contributed by atoms with Gasteiger partial charge in [0.2, 0.25) is 11.8 Å². The summed E-state index contributed by atoms with van der Waals surface area (Å²) in [6.07, 6.45) is 1.12. The molecule has 8 nitrogen and oxygen atoms in total. The molecule has 0 aliphatic heterocycles. The third-order valence-electron chi connectivity index (χ3n) is 4.37. The van der Waals surface area contributed by atoms with E-state index < -0.39 is 9.84 Å². The first-order valence-corrected chi connectivity index (χ1v) is 11.9. The largest absolute Gasteiger partial charge is 0.335 e. The first-order valence-electron chi connectivity index (χ1n) is 9.04. The van der Waals surface area contributed by atoms with Crippen molar-refractivity contribution in [1.82, 2.24) is 14.5 Å². The second-order valence-electron chi connectivity index (χ2n) is 6.95. The Kier molecular flexibility index (Phi) is 6.57. The molecule has 3 aromatic rings. The van der Waals surface area contributed by atoms with Gasteiger partial charge in [0.25, 0.3) is 0 Å². The second kappa shape index (κ2) is 8.97. The molecule has 1 heterocycles. The Balaban J connectivity index is 1.75. The van der Waals surface area contributed by atoms with Crippen molar-refractivity contribution in [3.63, 3.8) is 0 Å². The van der Waals surface area contributed by atoms with Crippen molar-refractivity contribution in [1.29, 1.82) is 0 Å². The number of para-hydroxylation sites is 3. The molecule has 1 N–H and O–H groups in total. The lowest BCUT2D eigenvalue weighted by atomic mass is 10.3. The molecule has 0 fully saturated rings. The summed E-state index contributed by atoms with van der Waals surface area (Å²) in [6, 6.07) is 14.3. The molecule has 1 aromatic heterocycles. The molecule has 3 rings (SSSR count). The summed E-state index contributed by atoms with van der Waals surface area (Å²) < 4.78 is 25.9. The van der Waals surface area contributed by atoms with E-state index in [1.807, 2.05) is 6.07 Å². The number of aromatic nitrogens is 2. The van der Waals surface area contributed by atoms with E-state index in [2.05, 4.69) is 26.2 Å². The Hall–Kier alpha value is -2.72. The molecule has 0 aliphatic carbocycles. The Morgan fingerprint density at radius 3 is 2.50 bits per heavy atom. The van der Waals surface area contributed by atoms with Crippen LogP contribution in [0.15, 0.2) is 53.0 Å². The van der Waals surface area contributed by atoms with Crippen LogP contribution in [-0.4, -0.2) is 54.5 Å². The Morgan fingerprint density at radius 1 is 1.13 bits per heavy atom. The van der Waals surface area contributed by atoms with E-state index >= 15 is 0 Å². The van der Waals surface area contributed by atoms with Crippen molar-refractivity contribution in [3.8, 4) is 0 Å². The van der Waals surface area contributed by atoms with Gasteiger partial charge in [-0.2, -0.15) is 0 Å². The second-order valence-corrected chi connectivity index (χ2v) is 9.95. The number of hydrogen-bond donors (Lipinski definition) is 1. The fraction of sp³-hybridized carbons (Fsp3) is 0.250. The predicted molar refractivity (Wildman–Crippen MR) is 119 cm³/mol. The molecule has 0 unspecified atom stereocenters. The van der Waals surface area contributed by atoms with E-state index in [4.69, 9.17) is 0 Å². The third kappa shape index (κ3) is 5.45. The maximum absolute atomic E-state index is 12.8. The summed E-state index contributed by atoms with van der Waals surface area (Å²) in [7, 11) is -1.81. The summed E-state index contributed by atoms with van der Waals surface area (Å²) in [5.41, 5.74) is 1.88. The number of rotatable bonds is 7. The van der Waals surface area contributed by atoms with Gasteiger partial charge in [-0.05, 0) is 40.2 Å². The van der Waals surface area contributed by atoms with Crippen molar-refractivity contribution in [3.05, 3.63) is 58.8 Å². The zero-order valence-electron chi connectivity index (χ0n) is 16.5. The standard InChI is InChI=1S/C20H21BrN4O4S/c1-24(11-19(26)23-15-8-4-3-7-14(15)21)20(27)12-25-17-10-6-5-9-16(17)22-18(25)13-30(2,28)29/h3-10H,11-13H2,1-2H3,(H,23,26). The fourth-order valence-corrected chi connectivity index (χ4v) is 4.03. The molecule has 0 spiro atoms. The molecule has 0 radical (unpaired) electrons. The average Bonchev–Trinajstić information content (AvgIpc) is 2.99. The first kappa shape index (κ1) is 22.0. The van der Waals surface area contributed by atoms with Crippen molar-refractivity contribution in [2.45, 2.75) is 12.3 Å². The maximum atomic E-state index is 12.8. The van der Waals surface area contributed by atoms with Gasteiger partial charge < -0.3 is 14.8 Å². The number of imidazole rings is 1. The van der Waals surface area contributed by atoms with E-state index in [0.717, 1.165) is 10.7 Å². The molecular formula is C20H21BrN4O4S. The van der Waals surface area contributed by atoms with Gasteiger partial charge in [-0.1, -0.05) is 24.3 Å². The van der Waals surface area contributed by atoms with Crippen LogP contribution in [0.4, 0.5) is 5.69 Å².